The van der Waals surface area contributed by atoms with Gasteiger partial charge in [-0.15, -0.1) is 6.58 Å². The average molecular weight is 231 g/mol. The Morgan fingerprint density at radius 3 is 3.18 bits per heavy atom. The first-order valence-electron chi connectivity index (χ1n) is 5.90. The molecule has 0 aromatic heterocycles. The molecule has 90 valence electrons. The van der Waals surface area contributed by atoms with Crippen LogP contribution in [-0.4, -0.2) is 19.1 Å². The van der Waals surface area contributed by atoms with Crippen LogP contribution in [0.1, 0.15) is 24.3 Å². The van der Waals surface area contributed by atoms with Crippen molar-refractivity contribution in [3.8, 4) is 5.75 Å². The van der Waals surface area contributed by atoms with Gasteiger partial charge in [0.15, 0.2) is 0 Å². The molecule has 2 rings (SSSR count). The standard InChI is InChI=1S/C14H17NO2/c1-2-3-8-14(16)15-9-11-10-17-13-7-5-4-6-12(11)13/h2,4-7,11H,1,3,8-10H2,(H,15,16). The number of benzene rings is 1. The first-order chi connectivity index (χ1) is 8.31. The molecule has 0 saturated heterocycles. The summed E-state index contributed by atoms with van der Waals surface area (Å²) in [6.07, 6.45) is 3.00. The second kappa shape index (κ2) is 5.53. The fourth-order valence-electron chi connectivity index (χ4n) is 1.96. The van der Waals surface area contributed by atoms with Crippen molar-refractivity contribution in [2.24, 2.45) is 0 Å². The molecule has 1 N–H and O–H groups in total. The van der Waals surface area contributed by atoms with Crippen LogP contribution in [0.5, 0.6) is 5.75 Å². The SMILES string of the molecule is C=CCCC(=O)NCC1COc2ccccc21. The van der Waals surface area contributed by atoms with Gasteiger partial charge in [-0.2, -0.15) is 0 Å². The molecule has 0 saturated carbocycles. The summed E-state index contributed by atoms with van der Waals surface area (Å²) in [7, 11) is 0. The van der Waals surface area contributed by atoms with Gasteiger partial charge in [0.05, 0.1) is 6.61 Å². The highest BCUT2D eigenvalue weighted by Gasteiger charge is 2.23. The zero-order chi connectivity index (χ0) is 12.1. The van der Waals surface area contributed by atoms with Crippen molar-refractivity contribution in [2.45, 2.75) is 18.8 Å². The lowest BCUT2D eigenvalue weighted by molar-refractivity contribution is -0.121. The number of carbonyl (C=O) groups excluding carboxylic acids is 1. The predicted molar refractivity (Wildman–Crippen MR) is 67.1 cm³/mol. The fourth-order valence-corrected chi connectivity index (χ4v) is 1.96. The molecule has 1 aliphatic heterocycles. The fraction of sp³-hybridized carbons (Fsp3) is 0.357. The lowest BCUT2D eigenvalue weighted by Crippen LogP contribution is -2.28. The van der Waals surface area contributed by atoms with Crippen LogP contribution >= 0.6 is 0 Å². The summed E-state index contributed by atoms with van der Waals surface area (Å²) < 4.78 is 5.56. The molecular weight excluding hydrogens is 214 g/mol. The highest BCUT2D eigenvalue weighted by atomic mass is 16.5. The maximum absolute atomic E-state index is 11.5. The Kier molecular flexibility index (Phi) is 3.81. The zero-order valence-corrected chi connectivity index (χ0v) is 9.82. The lowest BCUT2D eigenvalue weighted by Gasteiger charge is -2.10. The van der Waals surface area contributed by atoms with Gasteiger partial charge >= 0.3 is 0 Å². The smallest absolute Gasteiger partial charge is 0.220 e. The third-order valence-corrected chi connectivity index (χ3v) is 2.92. The first kappa shape index (κ1) is 11.7. The monoisotopic (exact) mass is 231 g/mol. The Morgan fingerprint density at radius 2 is 2.35 bits per heavy atom. The van der Waals surface area contributed by atoms with Crippen LogP contribution in [0.3, 0.4) is 0 Å². The summed E-state index contributed by atoms with van der Waals surface area (Å²) in [6, 6.07) is 7.99. The predicted octanol–water partition coefficient (Wildman–Crippen LogP) is 2.25. The lowest BCUT2D eigenvalue weighted by atomic mass is 10.0. The van der Waals surface area contributed by atoms with Crippen molar-refractivity contribution >= 4 is 5.91 Å². The quantitative estimate of drug-likeness (QED) is 0.789. The van der Waals surface area contributed by atoms with E-state index in [1.54, 1.807) is 6.08 Å². The molecular formula is C14H17NO2. The molecule has 3 nitrogen and oxygen atoms in total. The highest BCUT2D eigenvalue weighted by molar-refractivity contribution is 5.76. The van der Waals surface area contributed by atoms with E-state index in [4.69, 9.17) is 4.74 Å². The van der Waals surface area contributed by atoms with Crippen LogP contribution in [0, 0.1) is 0 Å². The summed E-state index contributed by atoms with van der Waals surface area (Å²) in [5.41, 5.74) is 1.19. The first-order valence-corrected chi connectivity index (χ1v) is 5.90. The number of hydrogen-bond donors (Lipinski definition) is 1. The molecule has 0 fully saturated rings. The van der Waals surface area contributed by atoms with Gasteiger partial charge < -0.3 is 10.1 Å². The molecule has 1 aromatic carbocycles. The van der Waals surface area contributed by atoms with Crippen LogP contribution in [0.4, 0.5) is 0 Å². The third kappa shape index (κ3) is 2.87. The number of fused-ring (bicyclic) bond motifs is 1. The van der Waals surface area contributed by atoms with E-state index in [0.717, 1.165) is 12.2 Å². The molecule has 0 radical (unpaired) electrons. The van der Waals surface area contributed by atoms with E-state index in [0.29, 0.717) is 19.6 Å². The number of rotatable bonds is 5. The highest BCUT2D eigenvalue weighted by Crippen LogP contribution is 2.32. The topological polar surface area (TPSA) is 38.3 Å². The second-order valence-corrected chi connectivity index (χ2v) is 4.18. The molecule has 0 bridgehead atoms. The van der Waals surface area contributed by atoms with Crippen molar-refractivity contribution in [1.29, 1.82) is 0 Å². The largest absolute Gasteiger partial charge is 0.493 e. The van der Waals surface area contributed by atoms with Gasteiger partial charge in [-0.25, -0.2) is 0 Å². The molecule has 17 heavy (non-hydrogen) atoms. The van der Waals surface area contributed by atoms with Crippen molar-refractivity contribution < 1.29 is 9.53 Å². The van der Waals surface area contributed by atoms with Crippen LogP contribution < -0.4 is 10.1 Å². The van der Waals surface area contributed by atoms with E-state index in [-0.39, 0.29) is 11.8 Å². The average Bonchev–Trinajstić information content (AvgIpc) is 2.77. The zero-order valence-electron chi connectivity index (χ0n) is 9.82. The van der Waals surface area contributed by atoms with E-state index >= 15 is 0 Å². The van der Waals surface area contributed by atoms with Crippen LogP contribution in [-0.2, 0) is 4.79 Å². The van der Waals surface area contributed by atoms with E-state index < -0.39 is 0 Å². The number of para-hydroxylation sites is 1. The molecule has 0 spiro atoms. The van der Waals surface area contributed by atoms with E-state index in [1.165, 1.54) is 5.56 Å². The number of ether oxygens (including phenoxy) is 1. The van der Waals surface area contributed by atoms with Gasteiger partial charge in [0, 0.05) is 24.4 Å². The molecule has 1 heterocycles. The summed E-state index contributed by atoms with van der Waals surface area (Å²) in [5, 5.41) is 2.93. The van der Waals surface area contributed by atoms with Gasteiger partial charge in [0.2, 0.25) is 5.91 Å². The summed E-state index contributed by atoms with van der Waals surface area (Å²) in [5.74, 6) is 1.30. The summed E-state index contributed by atoms with van der Waals surface area (Å²) in [4.78, 5) is 11.5. The van der Waals surface area contributed by atoms with Crippen LogP contribution in [0.2, 0.25) is 0 Å². The van der Waals surface area contributed by atoms with Crippen molar-refractivity contribution in [2.75, 3.05) is 13.2 Å². The maximum atomic E-state index is 11.5. The molecule has 1 aliphatic rings. The number of nitrogens with one attached hydrogen (secondary N) is 1. The van der Waals surface area contributed by atoms with E-state index in [1.807, 2.05) is 18.2 Å². The Labute approximate surface area is 101 Å². The van der Waals surface area contributed by atoms with Gasteiger partial charge in [-0.1, -0.05) is 24.3 Å². The van der Waals surface area contributed by atoms with Crippen molar-refractivity contribution in [3.05, 3.63) is 42.5 Å². The normalized spacial score (nSPS) is 17.1. The molecule has 1 aromatic rings. The Bertz CT molecular complexity index is 414. The van der Waals surface area contributed by atoms with Crippen molar-refractivity contribution in [3.63, 3.8) is 0 Å². The Hall–Kier alpha value is -1.77. The minimum absolute atomic E-state index is 0.0780. The minimum atomic E-state index is 0.0780. The van der Waals surface area contributed by atoms with Crippen molar-refractivity contribution in [1.82, 2.24) is 5.32 Å². The van der Waals surface area contributed by atoms with E-state index in [9.17, 15) is 4.79 Å². The summed E-state index contributed by atoms with van der Waals surface area (Å²) >= 11 is 0. The summed E-state index contributed by atoms with van der Waals surface area (Å²) in [6.45, 7) is 4.90. The van der Waals surface area contributed by atoms with Gasteiger partial charge in [0.1, 0.15) is 5.75 Å². The Morgan fingerprint density at radius 1 is 1.53 bits per heavy atom. The number of hydrogen-bond acceptors (Lipinski definition) is 2. The number of allylic oxidation sites excluding steroid dienone is 1. The van der Waals surface area contributed by atoms with Gasteiger partial charge in [-0.3, -0.25) is 4.79 Å². The number of amides is 1. The Balaban J connectivity index is 1.85. The van der Waals surface area contributed by atoms with Crippen LogP contribution in [0.15, 0.2) is 36.9 Å². The molecule has 1 unspecified atom stereocenters. The molecule has 0 aliphatic carbocycles. The van der Waals surface area contributed by atoms with E-state index in [2.05, 4.69) is 18.0 Å². The van der Waals surface area contributed by atoms with Crippen LogP contribution in [0.25, 0.3) is 0 Å². The van der Waals surface area contributed by atoms with Gasteiger partial charge in [-0.05, 0) is 12.5 Å². The minimum Gasteiger partial charge on any atom is -0.493 e. The van der Waals surface area contributed by atoms with Gasteiger partial charge in [0.25, 0.3) is 0 Å². The second-order valence-electron chi connectivity index (χ2n) is 4.18. The number of carbonyl (C=O) groups is 1. The maximum Gasteiger partial charge on any atom is 0.220 e. The third-order valence-electron chi connectivity index (χ3n) is 2.92. The molecule has 1 amide bonds. The molecule has 3 heteroatoms. The molecule has 1 atom stereocenters.